The van der Waals surface area contributed by atoms with Crippen LogP contribution in [-0.4, -0.2) is 19.6 Å². The molecule has 0 aliphatic heterocycles. The average Bonchev–Trinajstić information content (AvgIpc) is 2.30. The normalized spacial score (nSPS) is 10.0. The second kappa shape index (κ2) is 7.17. The fourth-order valence-electron chi connectivity index (χ4n) is 1.33. The van der Waals surface area contributed by atoms with Crippen LogP contribution in [0.4, 0.5) is 0 Å². The van der Waals surface area contributed by atoms with Crippen molar-refractivity contribution in [2.45, 2.75) is 19.3 Å². The average molecular weight is 301 g/mol. The van der Waals surface area contributed by atoms with Gasteiger partial charge in [0.1, 0.15) is 11.5 Å². The first-order valence-electron chi connectivity index (χ1n) is 5.42. The predicted octanol–water partition coefficient (Wildman–Crippen LogP) is 2.94. The third kappa shape index (κ3) is 5.08. The zero-order valence-corrected chi connectivity index (χ0v) is 11.4. The van der Waals surface area contributed by atoms with E-state index in [1.165, 1.54) is 0 Å². The molecule has 17 heavy (non-hydrogen) atoms. The molecule has 0 bridgehead atoms. The minimum absolute atomic E-state index is 0.232. The van der Waals surface area contributed by atoms with Crippen molar-refractivity contribution >= 4 is 21.8 Å². The van der Waals surface area contributed by atoms with E-state index in [9.17, 15) is 0 Å². The van der Waals surface area contributed by atoms with Gasteiger partial charge in [0.05, 0.1) is 24.0 Å². The van der Waals surface area contributed by atoms with Gasteiger partial charge in [0.25, 0.3) is 0 Å². The zero-order valence-electron chi connectivity index (χ0n) is 9.83. The number of benzene rings is 1. The van der Waals surface area contributed by atoms with E-state index in [-0.39, 0.29) is 5.84 Å². The highest BCUT2D eigenvalue weighted by Crippen LogP contribution is 2.29. The van der Waals surface area contributed by atoms with Crippen molar-refractivity contribution < 1.29 is 9.47 Å². The molecular formula is C12H17BrN2O2. The topological polar surface area (TPSA) is 68.3 Å². The largest absolute Gasteiger partial charge is 0.497 e. The fourth-order valence-corrected chi connectivity index (χ4v) is 1.80. The Morgan fingerprint density at radius 1 is 1.41 bits per heavy atom. The number of nitrogens with one attached hydrogen (secondary N) is 1. The van der Waals surface area contributed by atoms with Crippen molar-refractivity contribution in [2.75, 3.05) is 13.7 Å². The van der Waals surface area contributed by atoms with Gasteiger partial charge in [-0.1, -0.05) is 0 Å². The summed E-state index contributed by atoms with van der Waals surface area (Å²) in [6, 6.07) is 5.59. The summed E-state index contributed by atoms with van der Waals surface area (Å²) in [5, 5.41) is 7.09. The lowest BCUT2D eigenvalue weighted by Gasteiger charge is -2.09. The minimum atomic E-state index is 0.232. The number of rotatable bonds is 7. The monoisotopic (exact) mass is 300 g/mol. The molecule has 5 heteroatoms. The third-order valence-electron chi connectivity index (χ3n) is 2.24. The summed E-state index contributed by atoms with van der Waals surface area (Å²) in [4.78, 5) is 0. The summed E-state index contributed by atoms with van der Waals surface area (Å²) in [5.74, 6) is 1.82. The molecular weight excluding hydrogens is 284 g/mol. The molecule has 1 rings (SSSR count). The summed E-state index contributed by atoms with van der Waals surface area (Å²) in [6.45, 7) is 0.623. The summed E-state index contributed by atoms with van der Waals surface area (Å²) in [6.07, 6.45) is 2.40. The standard InChI is InChI=1S/C12H17BrN2O2/c1-16-9-5-6-11(10(13)8-9)17-7-3-2-4-12(14)15/h5-6,8H,2-4,7H2,1H3,(H3,14,15). The van der Waals surface area contributed by atoms with Crippen LogP contribution in [-0.2, 0) is 0 Å². The van der Waals surface area contributed by atoms with Crippen LogP contribution < -0.4 is 15.2 Å². The van der Waals surface area contributed by atoms with Crippen molar-refractivity contribution in [3.8, 4) is 11.5 Å². The lowest BCUT2D eigenvalue weighted by molar-refractivity contribution is 0.305. The molecule has 94 valence electrons. The highest BCUT2D eigenvalue weighted by Gasteiger charge is 2.02. The Morgan fingerprint density at radius 3 is 2.76 bits per heavy atom. The molecule has 0 heterocycles. The number of hydrogen-bond donors (Lipinski definition) is 2. The fraction of sp³-hybridized carbons (Fsp3) is 0.417. The van der Waals surface area contributed by atoms with Crippen molar-refractivity contribution in [1.29, 1.82) is 5.41 Å². The van der Waals surface area contributed by atoms with Crippen LogP contribution in [0, 0.1) is 5.41 Å². The Hall–Kier alpha value is -1.23. The van der Waals surface area contributed by atoms with Crippen LogP contribution in [0.15, 0.2) is 22.7 Å². The van der Waals surface area contributed by atoms with E-state index in [0.717, 1.165) is 28.8 Å². The molecule has 0 spiro atoms. The predicted molar refractivity (Wildman–Crippen MR) is 72.0 cm³/mol. The number of nitrogens with two attached hydrogens (primary N) is 1. The number of methoxy groups -OCH3 is 1. The van der Waals surface area contributed by atoms with E-state index in [1.54, 1.807) is 7.11 Å². The van der Waals surface area contributed by atoms with Gasteiger partial charge in [0.15, 0.2) is 0 Å². The van der Waals surface area contributed by atoms with Gasteiger partial charge in [0, 0.05) is 6.42 Å². The van der Waals surface area contributed by atoms with Gasteiger partial charge in [-0.25, -0.2) is 0 Å². The molecule has 0 amide bonds. The molecule has 4 nitrogen and oxygen atoms in total. The van der Waals surface area contributed by atoms with Crippen LogP contribution in [0.3, 0.4) is 0 Å². The van der Waals surface area contributed by atoms with E-state index in [0.29, 0.717) is 13.0 Å². The SMILES string of the molecule is COc1ccc(OCCCCC(=N)N)c(Br)c1. The molecule has 0 saturated heterocycles. The molecule has 0 saturated carbocycles. The van der Waals surface area contributed by atoms with E-state index in [2.05, 4.69) is 15.9 Å². The number of amidine groups is 1. The second-order valence-electron chi connectivity index (χ2n) is 3.63. The molecule has 3 N–H and O–H groups in total. The number of ether oxygens (including phenoxy) is 2. The van der Waals surface area contributed by atoms with Gasteiger partial charge in [-0.2, -0.15) is 0 Å². The van der Waals surface area contributed by atoms with Gasteiger partial charge in [0.2, 0.25) is 0 Å². The highest BCUT2D eigenvalue weighted by atomic mass is 79.9. The highest BCUT2D eigenvalue weighted by molar-refractivity contribution is 9.10. The lowest BCUT2D eigenvalue weighted by Crippen LogP contribution is -2.09. The van der Waals surface area contributed by atoms with Gasteiger partial charge in [-0.15, -0.1) is 0 Å². The number of hydrogen-bond acceptors (Lipinski definition) is 3. The maximum Gasteiger partial charge on any atom is 0.133 e. The maximum atomic E-state index is 7.09. The summed E-state index contributed by atoms with van der Waals surface area (Å²) in [7, 11) is 1.63. The summed E-state index contributed by atoms with van der Waals surface area (Å²) < 4.78 is 11.6. The van der Waals surface area contributed by atoms with Crippen molar-refractivity contribution in [3.63, 3.8) is 0 Å². The third-order valence-corrected chi connectivity index (χ3v) is 2.86. The molecule has 0 aliphatic rings. The Morgan fingerprint density at radius 2 is 2.18 bits per heavy atom. The van der Waals surface area contributed by atoms with Crippen LogP contribution in [0.1, 0.15) is 19.3 Å². The molecule has 1 aromatic carbocycles. The molecule has 0 atom stereocenters. The first kappa shape index (κ1) is 13.8. The van der Waals surface area contributed by atoms with E-state index >= 15 is 0 Å². The van der Waals surface area contributed by atoms with E-state index in [1.807, 2.05) is 18.2 Å². The smallest absolute Gasteiger partial charge is 0.133 e. The second-order valence-corrected chi connectivity index (χ2v) is 4.48. The van der Waals surface area contributed by atoms with Gasteiger partial charge in [-0.05, 0) is 47.0 Å². The number of halogens is 1. The minimum Gasteiger partial charge on any atom is -0.497 e. The zero-order chi connectivity index (χ0) is 12.7. The maximum absolute atomic E-state index is 7.09. The Kier molecular flexibility index (Phi) is 5.83. The van der Waals surface area contributed by atoms with Crippen molar-refractivity contribution in [3.05, 3.63) is 22.7 Å². The Bertz CT molecular complexity index is 383. The van der Waals surface area contributed by atoms with Crippen LogP contribution in [0.2, 0.25) is 0 Å². The van der Waals surface area contributed by atoms with Gasteiger partial charge in [-0.3, -0.25) is 5.41 Å². The van der Waals surface area contributed by atoms with Gasteiger partial charge >= 0.3 is 0 Å². The summed E-state index contributed by atoms with van der Waals surface area (Å²) >= 11 is 3.42. The first-order chi connectivity index (χ1) is 8.13. The van der Waals surface area contributed by atoms with E-state index in [4.69, 9.17) is 20.6 Å². The molecule has 0 fully saturated rings. The van der Waals surface area contributed by atoms with Crippen molar-refractivity contribution in [1.82, 2.24) is 0 Å². The number of unbranched alkanes of at least 4 members (excludes halogenated alkanes) is 1. The first-order valence-corrected chi connectivity index (χ1v) is 6.22. The van der Waals surface area contributed by atoms with Crippen LogP contribution in [0.5, 0.6) is 11.5 Å². The van der Waals surface area contributed by atoms with E-state index < -0.39 is 0 Å². The van der Waals surface area contributed by atoms with Crippen LogP contribution in [0.25, 0.3) is 0 Å². The molecule has 0 unspecified atom stereocenters. The molecule has 0 aliphatic carbocycles. The van der Waals surface area contributed by atoms with Crippen molar-refractivity contribution in [2.24, 2.45) is 5.73 Å². The molecule has 0 aromatic heterocycles. The quantitative estimate of drug-likeness (QED) is 0.462. The Balaban J connectivity index is 2.34. The van der Waals surface area contributed by atoms with Gasteiger partial charge < -0.3 is 15.2 Å². The van der Waals surface area contributed by atoms with Crippen LogP contribution >= 0.6 is 15.9 Å². The molecule has 1 aromatic rings. The molecule has 0 radical (unpaired) electrons. The lowest BCUT2D eigenvalue weighted by atomic mass is 10.2. The Labute approximate surface area is 110 Å². The summed E-state index contributed by atoms with van der Waals surface area (Å²) in [5.41, 5.74) is 5.26.